The number of halogens is 1. The Morgan fingerprint density at radius 2 is 1.96 bits per heavy atom. The fourth-order valence-corrected chi connectivity index (χ4v) is 4.40. The van der Waals surface area contributed by atoms with Crippen LogP contribution in [0.25, 0.3) is 0 Å². The monoisotopic (exact) mass is 363 g/mol. The lowest BCUT2D eigenvalue weighted by Gasteiger charge is -2.31. The Kier molecular flexibility index (Phi) is 5.00. The third-order valence-electron chi connectivity index (χ3n) is 4.93. The number of amides is 1. The number of nitrogens with one attached hydrogen (secondary N) is 1. The van der Waals surface area contributed by atoms with E-state index in [-0.39, 0.29) is 12.5 Å². The molecule has 128 valence electrons. The van der Waals surface area contributed by atoms with Gasteiger partial charge in [-0.2, -0.15) is 0 Å². The first-order valence-corrected chi connectivity index (χ1v) is 9.51. The van der Waals surface area contributed by atoms with E-state index in [2.05, 4.69) is 5.32 Å². The third kappa shape index (κ3) is 3.37. The van der Waals surface area contributed by atoms with Gasteiger partial charge in [0, 0.05) is 9.90 Å². The van der Waals surface area contributed by atoms with Gasteiger partial charge in [-0.1, -0.05) is 42.6 Å². The Bertz CT molecular complexity index is 689. The molecule has 0 saturated heterocycles. The van der Waals surface area contributed by atoms with Gasteiger partial charge in [0.2, 0.25) is 5.91 Å². The summed E-state index contributed by atoms with van der Waals surface area (Å²) < 4.78 is 0. The summed E-state index contributed by atoms with van der Waals surface area (Å²) in [6, 6.07) is 11.4. The predicted molar refractivity (Wildman–Crippen MR) is 98.5 cm³/mol. The van der Waals surface area contributed by atoms with Crippen molar-refractivity contribution in [2.24, 2.45) is 0 Å². The molecule has 1 fully saturated rings. The molecule has 5 heteroatoms. The SMILES string of the molecule is CC(O)(CNC(=O)C1(c2ccc(Cl)cc2)CCCC1)c1cccs1. The summed E-state index contributed by atoms with van der Waals surface area (Å²) >= 11 is 7.48. The van der Waals surface area contributed by atoms with E-state index in [0.717, 1.165) is 36.1 Å². The van der Waals surface area contributed by atoms with Crippen LogP contribution in [0.4, 0.5) is 0 Å². The van der Waals surface area contributed by atoms with Crippen molar-refractivity contribution in [3.05, 3.63) is 57.2 Å². The lowest BCUT2D eigenvalue weighted by Crippen LogP contribution is -2.47. The Morgan fingerprint density at radius 3 is 2.54 bits per heavy atom. The zero-order valence-electron chi connectivity index (χ0n) is 13.7. The summed E-state index contributed by atoms with van der Waals surface area (Å²) in [4.78, 5) is 13.9. The van der Waals surface area contributed by atoms with Crippen LogP contribution < -0.4 is 5.32 Å². The van der Waals surface area contributed by atoms with Gasteiger partial charge in [-0.05, 0) is 48.9 Å². The molecule has 1 heterocycles. The van der Waals surface area contributed by atoms with Gasteiger partial charge in [0.1, 0.15) is 5.60 Å². The molecule has 1 aliphatic carbocycles. The molecule has 1 saturated carbocycles. The average Bonchev–Trinajstić information content (AvgIpc) is 3.25. The van der Waals surface area contributed by atoms with Crippen LogP contribution in [0.5, 0.6) is 0 Å². The Morgan fingerprint density at radius 1 is 1.29 bits per heavy atom. The first-order chi connectivity index (χ1) is 11.4. The van der Waals surface area contributed by atoms with Gasteiger partial charge >= 0.3 is 0 Å². The second kappa shape index (κ2) is 6.87. The summed E-state index contributed by atoms with van der Waals surface area (Å²) in [5.74, 6) is -0.000784. The van der Waals surface area contributed by atoms with Gasteiger partial charge in [0.05, 0.1) is 12.0 Å². The van der Waals surface area contributed by atoms with Gasteiger partial charge in [0.15, 0.2) is 0 Å². The molecule has 1 atom stereocenters. The molecule has 0 radical (unpaired) electrons. The summed E-state index contributed by atoms with van der Waals surface area (Å²) in [6.07, 6.45) is 3.75. The number of rotatable bonds is 5. The molecule has 3 rings (SSSR count). The van der Waals surface area contributed by atoms with Gasteiger partial charge in [-0.25, -0.2) is 0 Å². The average molecular weight is 364 g/mol. The van der Waals surface area contributed by atoms with Crippen molar-refractivity contribution in [3.63, 3.8) is 0 Å². The Hall–Kier alpha value is -1.36. The zero-order chi connectivity index (χ0) is 17.2. The number of aliphatic hydroxyl groups is 1. The number of hydrogen-bond donors (Lipinski definition) is 2. The largest absolute Gasteiger partial charge is 0.383 e. The standard InChI is InChI=1S/C19H22ClNO2S/c1-18(23,16-5-4-12-24-16)13-21-17(22)19(10-2-3-11-19)14-6-8-15(20)9-7-14/h4-9,12,23H,2-3,10-11,13H2,1H3,(H,21,22). The Balaban J connectivity index is 1.77. The highest BCUT2D eigenvalue weighted by Gasteiger charge is 2.43. The number of benzene rings is 1. The first-order valence-electron chi connectivity index (χ1n) is 8.25. The zero-order valence-corrected chi connectivity index (χ0v) is 15.3. The van der Waals surface area contributed by atoms with Gasteiger partial charge < -0.3 is 10.4 Å². The molecule has 3 nitrogen and oxygen atoms in total. The van der Waals surface area contributed by atoms with E-state index >= 15 is 0 Å². The summed E-state index contributed by atoms with van der Waals surface area (Å²) in [7, 11) is 0. The van der Waals surface area contributed by atoms with Gasteiger partial charge in [-0.15, -0.1) is 11.3 Å². The van der Waals surface area contributed by atoms with Crippen molar-refractivity contribution in [1.29, 1.82) is 0 Å². The third-order valence-corrected chi connectivity index (χ3v) is 6.31. The predicted octanol–water partition coefficient (Wildman–Crippen LogP) is 4.24. The van der Waals surface area contributed by atoms with Crippen LogP contribution in [0.3, 0.4) is 0 Å². The molecule has 2 aromatic rings. The van der Waals surface area contributed by atoms with Crippen molar-refractivity contribution in [2.45, 2.75) is 43.6 Å². The van der Waals surface area contributed by atoms with Crippen LogP contribution in [-0.4, -0.2) is 17.6 Å². The molecule has 0 spiro atoms. The van der Waals surface area contributed by atoms with Crippen molar-refractivity contribution >= 4 is 28.8 Å². The highest BCUT2D eigenvalue weighted by Crippen LogP contribution is 2.41. The molecule has 0 aliphatic heterocycles. The number of carbonyl (C=O) groups is 1. The molecule has 0 bridgehead atoms. The molecular formula is C19H22ClNO2S. The van der Waals surface area contributed by atoms with E-state index in [1.807, 2.05) is 41.8 Å². The van der Waals surface area contributed by atoms with Crippen LogP contribution in [-0.2, 0) is 15.8 Å². The lowest BCUT2D eigenvalue weighted by molar-refractivity contribution is -0.127. The van der Waals surface area contributed by atoms with Gasteiger partial charge in [-0.3, -0.25) is 4.79 Å². The summed E-state index contributed by atoms with van der Waals surface area (Å²) in [6.45, 7) is 1.95. The second-order valence-electron chi connectivity index (χ2n) is 6.73. The second-order valence-corrected chi connectivity index (χ2v) is 8.11. The molecule has 24 heavy (non-hydrogen) atoms. The molecule has 1 amide bonds. The maximum Gasteiger partial charge on any atom is 0.230 e. The van der Waals surface area contributed by atoms with E-state index in [1.54, 1.807) is 6.92 Å². The number of carbonyl (C=O) groups excluding carboxylic acids is 1. The minimum Gasteiger partial charge on any atom is -0.383 e. The lowest BCUT2D eigenvalue weighted by atomic mass is 9.78. The van der Waals surface area contributed by atoms with Crippen LogP contribution in [0.2, 0.25) is 5.02 Å². The minimum absolute atomic E-state index is 0.000784. The fraction of sp³-hybridized carbons (Fsp3) is 0.421. The molecule has 1 aromatic heterocycles. The highest BCUT2D eigenvalue weighted by molar-refractivity contribution is 7.10. The number of thiophene rings is 1. The number of hydrogen-bond acceptors (Lipinski definition) is 3. The summed E-state index contributed by atoms with van der Waals surface area (Å²) in [5.41, 5.74) is -0.544. The van der Waals surface area contributed by atoms with Crippen LogP contribution in [0.15, 0.2) is 41.8 Å². The summed E-state index contributed by atoms with van der Waals surface area (Å²) in [5, 5.41) is 16.2. The smallest absolute Gasteiger partial charge is 0.230 e. The van der Waals surface area contributed by atoms with Crippen LogP contribution in [0.1, 0.15) is 43.0 Å². The van der Waals surface area contributed by atoms with Crippen LogP contribution >= 0.6 is 22.9 Å². The van der Waals surface area contributed by atoms with Crippen molar-refractivity contribution in [1.82, 2.24) is 5.32 Å². The van der Waals surface area contributed by atoms with E-state index < -0.39 is 11.0 Å². The molecule has 1 aromatic carbocycles. The van der Waals surface area contributed by atoms with Gasteiger partial charge in [0.25, 0.3) is 0 Å². The minimum atomic E-state index is -1.05. The maximum atomic E-state index is 13.0. The normalized spacial score (nSPS) is 19.0. The quantitative estimate of drug-likeness (QED) is 0.834. The first kappa shape index (κ1) is 17.5. The molecular weight excluding hydrogens is 342 g/mol. The van der Waals surface area contributed by atoms with Crippen molar-refractivity contribution < 1.29 is 9.90 Å². The van der Waals surface area contributed by atoms with Crippen LogP contribution in [0, 0.1) is 0 Å². The van der Waals surface area contributed by atoms with E-state index in [0.29, 0.717) is 5.02 Å². The van der Waals surface area contributed by atoms with Crippen molar-refractivity contribution in [2.75, 3.05) is 6.54 Å². The highest BCUT2D eigenvalue weighted by atomic mass is 35.5. The molecule has 1 aliphatic rings. The van der Waals surface area contributed by atoms with E-state index in [4.69, 9.17) is 11.6 Å². The molecule has 2 N–H and O–H groups in total. The maximum absolute atomic E-state index is 13.0. The van der Waals surface area contributed by atoms with Crippen molar-refractivity contribution in [3.8, 4) is 0 Å². The fourth-order valence-electron chi connectivity index (χ4n) is 3.49. The molecule has 1 unspecified atom stereocenters. The topological polar surface area (TPSA) is 49.3 Å². The Labute approximate surface area is 151 Å². The van der Waals surface area contributed by atoms with E-state index in [1.165, 1.54) is 11.3 Å². The van der Waals surface area contributed by atoms with E-state index in [9.17, 15) is 9.90 Å².